The first-order valence-corrected chi connectivity index (χ1v) is 10.9. The van der Waals surface area contributed by atoms with Crippen molar-refractivity contribution in [1.29, 1.82) is 0 Å². The van der Waals surface area contributed by atoms with Crippen molar-refractivity contribution in [3.8, 4) is 17.0 Å². The molecule has 0 fully saturated rings. The molecule has 32 heavy (non-hydrogen) atoms. The Hall–Kier alpha value is -3.11. The molecule has 0 aliphatic carbocycles. The Morgan fingerprint density at radius 1 is 1.06 bits per heavy atom. The molecule has 11 heteroatoms. The van der Waals surface area contributed by atoms with Gasteiger partial charge in [0.25, 0.3) is 15.9 Å². The summed E-state index contributed by atoms with van der Waals surface area (Å²) in [6, 6.07) is 9.87. The van der Waals surface area contributed by atoms with E-state index in [1.165, 1.54) is 43.6 Å². The Morgan fingerprint density at radius 2 is 1.81 bits per heavy atom. The first kappa shape index (κ1) is 22.1. The molecule has 0 spiro atoms. The minimum absolute atomic E-state index is 0.0838. The van der Waals surface area contributed by atoms with Crippen LogP contribution in [0.15, 0.2) is 59.6 Å². The summed E-state index contributed by atoms with van der Waals surface area (Å²) in [5, 5.41) is -0.172. The second-order valence-corrected chi connectivity index (χ2v) is 9.16. The van der Waals surface area contributed by atoms with Gasteiger partial charge in [-0.1, -0.05) is 23.7 Å². The van der Waals surface area contributed by atoms with Crippen molar-refractivity contribution >= 4 is 27.5 Å². The largest absolute Gasteiger partial charge is 0.481 e. The number of nitrogens with zero attached hydrogens (tertiary/aromatic N) is 2. The predicted octanol–water partition coefficient (Wildman–Crippen LogP) is 4.77. The van der Waals surface area contributed by atoms with Crippen molar-refractivity contribution in [2.24, 2.45) is 0 Å². The lowest BCUT2D eigenvalue weighted by Gasteiger charge is -2.15. The molecule has 0 saturated carbocycles. The third kappa shape index (κ3) is 3.80. The van der Waals surface area contributed by atoms with Crippen molar-refractivity contribution < 1.29 is 31.1 Å². The lowest BCUT2D eigenvalue weighted by Crippen LogP contribution is -2.29. The first-order valence-electron chi connectivity index (χ1n) is 9.09. The highest BCUT2D eigenvalue weighted by Crippen LogP contribution is 2.39. The fourth-order valence-corrected chi connectivity index (χ4v) is 5.19. The van der Waals surface area contributed by atoms with Gasteiger partial charge in [-0.05, 0) is 41.5 Å². The number of amides is 1. The van der Waals surface area contributed by atoms with Gasteiger partial charge in [-0.2, -0.15) is 13.2 Å². The molecule has 1 aromatic heterocycles. The number of hydrogen-bond acceptors (Lipinski definition) is 5. The molecule has 1 aliphatic rings. The van der Waals surface area contributed by atoms with Crippen LogP contribution >= 0.6 is 11.6 Å². The van der Waals surface area contributed by atoms with Crippen LogP contribution < -0.4 is 4.74 Å². The molecule has 6 nitrogen and oxygen atoms in total. The SMILES string of the molecule is COc1cc(CN2C(=O)c3cc(-c4ccc(C(F)(F)F)cc4Cl)ccc3S2(=O)=O)ccn1. The molecular weight excluding hydrogens is 469 g/mol. The van der Waals surface area contributed by atoms with E-state index >= 15 is 0 Å². The second-order valence-electron chi connectivity index (χ2n) is 6.93. The number of benzene rings is 2. The summed E-state index contributed by atoms with van der Waals surface area (Å²) in [6.45, 7) is -0.231. The van der Waals surface area contributed by atoms with Gasteiger partial charge in [0.1, 0.15) is 4.90 Å². The van der Waals surface area contributed by atoms with E-state index in [1.54, 1.807) is 6.07 Å². The van der Waals surface area contributed by atoms with E-state index in [9.17, 15) is 26.4 Å². The highest BCUT2D eigenvalue weighted by Gasteiger charge is 2.41. The molecule has 3 aromatic rings. The average molecular weight is 483 g/mol. The number of hydrogen-bond donors (Lipinski definition) is 0. The Balaban J connectivity index is 1.71. The summed E-state index contributed by atoms with van der Waals surface area (Å²) in [6.07, 6.45) is -3.13. The third-order valence-corrected chi connectivity index (χ3v) is 7.05. The van der Waals surface area contributed by atoms with E-state index in [0.717, 1.165) is 16.4 Å². The Labute approximate surface area is 186 Å². The van der Waals surface area contributed by atoms with Gasteiger partial charge in [0, 0.05) is 22.8 Å². The number of alkyl halides is 3. The number of rotatable bonds is 4. The number of carbonyl (C=O) groups is 1. The summed E-state index contributed by atoms with van der Waals surface area (Å²) in [4.78, 5) is 16.7. The number of aromatic nitrogens is 1. The molecule has 2 heterocycles. The van der Waals surface area contributed by atoms with Crippen LogP contribution in [0.25, 0.3) is 11.1 Å². The molecule has 1 amide bonds. The molecule has 0 N–H and O–H groups in total. The second kappa shape index (κ2) is 7.79. The molecule has 0 saturated heterocycles. The van der Waals surface area contributed by atoms with Crippen molar-refractivity contribution in [3.63, 3.8) is 0 Å². The maximum absolute atomic E-state index is 12.9. The summed E-state index contributed by atoms with van der Waals surface area (Å²) in [5.74, 6) is -0.482. The van der Waals surface area contributed by atoms with Crippen LogP contribution in [-0.2, 0) is 22.7 Å². The van der Waals surface area contributed by atoms with Gasteiger partial charge in [0.15, 0.2) is 0 Å². The molecule has 0 unspecified atom stereocenters. The van der Waals surface area contributed by atoms with Gasteiger partial charge in [-0.15, -0.1) is 0 Å². The molecular formula is C21H14ClF3N2O4S. The summed E-state index contributed by atoms with van der Waals surface area (Å²) in [5.41, 5.74) is 0.0560. The van der Waals surface area contributed by atoms with Crippen molar-refractivity contribution in [3.05, 3.63) is 76.4 Å². The van der Waals surface area contributed by atoms with E-state index in [2.05, 4.69) is 4.98 Å². The molecule has 0 radical (unpaired) electrons. The number of methoxy groups -OCH3 is 1. The lowest BCUT2D eigenvalue weighted by molar-refractivity contribution is -0.137. The number of sulfonamides is 1. The van der Waals surface area contributed by atoms with Crippen LogP contribution in [0, 0.1) is 0 Å². The van der Waals surface area contributed by atoms with E-state index in [4.69, 9.17) is 16.3 Å². The van der Waals surface area contributed by atoms with Crippen molar-refractivity contribution in [2.75, 3.05) is 7.11 Å². The van der Waals surface area contributed by atoms with Crippen LogP contribution in [0.1, 0.15) is 21.5 Å². The zero-order valence-electron chi connectivity index (χ0n) is 16.4. The van der Waals surface area contributed by atoms with E-state index in [-0.39, 0.29) is 33.5 Å². The van der Waals surface area contributed by atoms with Gasteiger partial charge in [0.2, 0.25) is 5.88 Å². The third-order valence-electron chi connectivity index (χ3n) is 4.95. The Bertz CT molecular complexity index is 1340. The van der Waals surface area contributed by atoms with Gasteiger partial charge in [-0.25, -0.2) is 17.7 Å². The highest BCUT2D eigenvalue weighted by atomic mass is 35.5. The van der Waals surface area contributed by atoms with Crippen LogP contribution in [0.5, 0.6) is 5.88 Å². The van der Waals surface area contributed by atoms with Crippen LogP contribution in [-0.4, -0.2) is 30.7 Å². The van der Waals surface area contributed by atoms with E-state index < -0.39 is 27.7 Å². The van der Waals surface area contributed by atoms with Crippen LogP contribution in [0.2, 0.25) is 5.02 Å². The quantitative estimate of drug-likeness (QED) is 0.535. The smallest absolute Gasteiger partial charge is 0.416 e. The Morgan fingerprint density at radius 3 is 2.47 bits per heavy atom. The average Bonchev–Trinajstić information content (AvgIpc) is 2.93. The fourth-order valence-electron chi connectivity index (χ4n) is 3.36. The lowest BCUT2D eigenvalue weighted by atomic mass is 10.0. The normalized spacial score (nSPS) is 15.0. The topological polar surface area (TPSA) is 76.6 Å². The molecule has 2 aromatic carbocycles. The van der Waals surface area contributed by atoms with Crippen molar-refractivity contribution in [2.45, 2.75) is 17.6 Å². The number of halogens is 4. The fraction of sp³-hybridized carbons (Fsp3) is 0.143. The first-order chi connectivity index (χ1) is 15.0. The molecule has 0 atom stereocenters. The number of carbonyl (C=O) groups excluding carboxylic acids is 1. The summed E-state index contributed by atoms with van der Waals surface area (Å²) in [7, 11) is -2.70. The van der Waals surface area contributed by atoms with Gasteiger partial charge in [0.05, 0.1) is 24.8 Å². The maximum atomic E-state index is 12.9. The number of pyridine rings is 1. The molecule has 166 valence electrons. The Kier molecular flexibility index (Phi) is 5.38. The molecule has 4 rings (SSSR count). The molecule has 1 aliphatic heterocycles. The predicted molar refractivity (Wildman–Crippen MR) is 110 cm³/mol. The van der Waals surface area contributed by atoms with Crippen LogP contribution in [0.4, 0.5) is 13.2 Å². The minimum atomic E-state index is -4.56. The zero-order valence-corrected chi connectivity index (χ0v) is 17.9. The van der Waals surface area contributed by atoms with Crippen LogP contribution in [0.3, 0.4) is 0 Å². The summed E-state index contributed by atoms with van der Waals surface area (Å²) >= 11 is 6.05. The van der Waals surface area contributed by atoms with E-state index in [1.807, 2.05) is 0 Å². The summed E-state index contributed by atoms with van der Waals surface area (Å²) < 4.78 is 70.3. The molecule has 0 bridgehead atoms. The monoisotopic (exact) mass is 482 g/mol. The number of ether oxygens (including phenoxy) is 1. The van der Waals surface area contributed by atoms with Gasteiger partial charge in [-0.3, -0.25) is 4.79 Å². The maximum Gasteiger partial charge on any atom is 0.416 e. The van der Waals surface area contributed by atoms with Gasteiger partial charge >= 0.3 is 6.18 Å². The minimum Gasteiger partial charge on any atom is -0.481 e. The zero-order chi connectivity index (χ0) is 23.3. The number of fused-ring (bicyclic) bond motifs is 1. The standard InChI is InChI=1S/C21H14ClF3N2O4S/c1-31-19-8-12(6-7-26-19)11-27-20(28)16-9-13(2-5-18(16)32(27,29)30)15-4-3-14(10-17(15)22)21(23,24)25/h2-10H,11H2,1H3. The highest BCUT2D eigenvalue weighted by molar-refractivity contribution is 7.90. The van der Waals surface area contributed by atoms with Crippen molar-refractivity contribution in [1.82, 2.24) is 9.29 Å². The van der Waals surface area contributed by atoms with Gasteiger partial charge < -0.3 is 4.74 Å². The van der Waals surface area contributed by atoms with E-state index in [0.29, 0.717) is 11.1 Å².